The van der Waals surface area contributed by atoms with E-state index in [-0.39, 0.29) is 24.5 Å². The first kappa shape index (κ1) is 17.3. The summed E-state index contributed by atoms with van der Waals surface area (Å²) in [4.78, 5) is 22.5. The van der Waals surface area contributed by atoms with Crippen LogP contribution in [0.15, 0.2) is 24.3 Å². The van der Waals surface area contributed by atoms with E-state index in [0.29, 0.717) is 18.9 Å². The summed E-state index contributed by atoms with van der Waals surface area (Å²) in [6.07, 6.45) is 2.44. The highest BCUT2D eigenvalue weighted by molar-refractivity contribution is 5.78. The normalized spacial score (nSPS) is 20.7. The van der Waals surface area contributed by atoms with Gasteiger partial charge in [-0.25, -0.2) is 4.79 Å². The van der Waals surface area contributed by atoms with Gasteiger partial charge < -0.3 is 19.9 Å². The number of hydrogen-bond donors (Lipinski definition) is 2. The maximum absolute atomic E-state index is 12.1. The Labute approximate surface area is 135 Å². The molecular formula is C17H23NO5. The SMILES string of the molecule is CC1CC(C(=O)NCCc2ccc(OCC(=O)O)cc2)CCO1. The lowest BCUT2D eigenvalue weighted by atomic mass is 9.95. The van der Waals surface area contributed by atoms with Crippen molar-refractivity contribution in [3.05, 3.63) is 29.8 Å². The lowest BCUT2D eigenvalue weighted by Gasteiger charge is -2.26. The van der Waals surface area contributed by atoms with Crippen molar-refractivity contribution in [3.63, 3.8) is 0 Å². The van der Waals surface area contributed by atoms with Gasteiger partial charge >= 0.3 is 5.97 Å². The molecule has 1 aliphatic heterocycles. The van der Waals surface area contributed by atoms with Crippen LogP contribution < -0.4 is 10.1 Å². The van der Waals surface area contributed by atoms with E-state index < -0.39 is 5.97 Å². The smallest absolute Gasteiger partial charge is 0.341 e. The molecule has 6 nitrogen and oxygen atoms in total. The molecule has 1 fully saturated rings. The average Bonchev–Trinajstić information content (AvgIpc) is 2.54. The Kier molecular flexibility index (Phi) is 6.40. The van der Waals surface area contributed by atoms with Crippen LogP contribution in [-0.4, -0.2) is 42.8 Å². The van der Waals surface area contributed by atoms with Gasteiger partial charge in [0.25, 0.3) is 0 Å². The minimum absolute atomic E-state index is 0.0468. The van der Waals surface area contributed by atoms with Gasteiger partial charge in [0.15, 0.2) is 6.61 Å². The fraction of sp³-hybridized carbons (Fsp3) is 0.529. The molecule has 1 heterocycles. The molecule has 23 heavy (non-hydrogen) atoms. The number of nitrogens with one attached hydrogen (secondary N) is 1. The Morgan fingerprint density at radius 2 is 2.09 bits per heavy atom. The molecule has 0 radical (unpaired) electrons. The number of carboxylic acid groups (broad SMARTS) is 1. The van der Waals surface area contributed by atoms with Crippen LogP contribution in [0.2, 0.25) is 0 Å². The standard InChI is InChI=1S/C17H23NO5/c1-12-10-14(7-9-22-12)17(21)18-8-6-13-2-4-15(5-3-13)23-11-16(19)20/h2-5,12,14H,6-11H2,1H3,(H,18,21)(H,19,20). The minimum Gasteiger partial charge on any atom is -0.482 e. The second-order valence-corrected chi connectivity index (χ2v) is 5.77. The van der Waals surface area contributed by atoms with Gasteiger partial charge in [-0.15, -0.1) is 0 Å². The molecule has 6 heteroatoms. The first-order valence-corrected chi connectivity index (χ1v) is 7.87. The third-order valence-electron chi connectivity index (χ3n) is 3.85. The van der Waals surface area contributed by atoms with E-state index in [9.17, 15) is 9.59 Å². The Balaban J connectivity index is 1.71. The molecule has 1 saturated heterocycles. The van der Waals surface area contributed by atoms with Crippen molar-refractivity contribution < 1.29 is 24.2 Å². The fourth-order valence-electron chi connectivity index (χ4n) is 2.61. The van der Waals surface area contributed by atoms with Crippen molar-refractivity contribution in [2.45, 2.75) is 32.3 Å². The number of benzene rings is 1. The summed E-state index contributed by atoms with van der Waals surface area (Å²) in [5, 5.41) is 11.5. The molecule has 2 atom stereocenters. The zero-order valence-corrected chi connectivity index (χ0v) is 13.3. The highest BCUT2D eigenvalue weighted by Crippen LogP contribution is 2.20. The topological polar surface area (TPSA) is 84.9 Å². The highest BCUT2D eigenvalue weighted by Gasteiger charge is 2.25. The molecule has 0 saturated carbocycles. The van der Waals surface area contributed by atoms with Gasteiger partial charge in [-0.1, -0.05) is 12.1 Å². The summed E-state index contributed by atoms with van der Waals surface area (Å²) in [7, 11) is 0. The van der Waals surface area contributed by atoms with Gasteiger partial charge in [-0.2, -0.15) is 0 Å². The predicted octanol–water partition coefficient (Wildman–Crippen LogP) is 1.62. The largest absolute Gasteiger partial charge is 0.482 e. The fourth-order valence-corrected chi connectivity index (χ4v) is 2.61. The molecule has 0 spiro atoms. The minimum atomic E-state index is -1.00. The van der Waals surface area contributed by atoms with Gasteiger partial charge in [-0.05, 0) is 43.9 Å². The quantitative estimate of drug-likeness (QED) is 0.797. The molecule has 2 rings (SSSR count). The second kappa shape index (κ2) is 8.53. The second-order valence-electron chi connectivity index (χ2n) is 5.77. The van der Waals surface area contributed by atoms with Crippen molar-refractivity contribution in [2.75, 3.05) is 19.8 Å². The molecule has 1 aromatic carbocycles. The van der Waals surface area contributed by atoms with Crippen LogP contribution in [0.5, 0.6) is 5.75 Å². The monoisotopic (exact) mass is 321 g/mol. The van der Waals surface area contributed by atoms with Crippen LogP contribution in [0.25, 0.3) is 0 Å². The van der Waals surface area contributed by atoms with Crippen LogP contribution in [-0.2, 0) is 20.7 Å². The summed E-state index contributed by atoms with van der Waals surface area (Å²) in [5.41, 5.74) is 1.06. The molecule has 0 bridgehead atoms. The number of rotatable bonds is 7. The van der Waals surface area contributed by atoms with Crippen LogP contribution in [0.3, 0.4) is 0 Å². The molecule has 1 aliphatic rings. The lowest BCUT2D eigenvalue weighted by molar-refractivity contribution is -0.139. The summed E-state index contributed by atoms with van der Waals surface area (Å²) < 4.78 is 10.5. The van der Waals surface area contributed by atoms with Gasteiger partial charge in [0.2, 0.25) is 5.91 Å². The molecular weight excluding hydrogens is 298 g/mol. The average molecular weight is 321 g/mol. The molecule has 1 aromatic rings. The van der Waals surface area contributed by atoms with Gasteiger partial charge in [0.05, 0.1) is 6.10 Å². The van der Waals surface area contributed by atoms with Crippen molar-refractivity contribution in [2.24, 2.45) is 5.92 Å². The van der Waals surface area contributed by atoms with E-state index >= 15 is 0 Å². The zero-order chi connectivity index (χ0) is 16.7. The van der Waals surface area contributed by atoms with Crippen LogP contribution in [0.4, 0.5) is 0 Å². The van der Waals surface area contributed by atoms with Crippen molar-refractivity contribution >= 4 is 11.9 Å². The first-order valence-electron chi connectivity index (χ1n) is 7.87. The zero-order valence-electron chi connectivity index (χ0n) is 13.3. The summed E-state index contributed by atoms with van der Waals surface area (Å²) in [6.45, 7) is 2.88. The van der Waals surface area contributed by atoms with Crippen LogP contribution in [0.1, 0.15) is 25.3 Å². The molecule has 0 aliphatic carbocycles. The summed E-state index contributed by atoms with van der Waals surface area (Å²) >= 11 is 0. The molecule has 2 unspecified atom stereocenters. The Bertz CT molecular complexity index is 528. The number of amides is 1. The maximum atomic E-state index is 12.1. The number of ether oxygens (including phenoxy) is 2. The molecule has 1 amide bonds. The van der Waals surface area contributed by atoms with Gasteiger partial charge in [0, 0.05) is 19.1 Å². The number of aliphatic carboxylic acids is 1. The van der Waals surface area contributed by atoms with E-state index in [1.807, 2.05) is 19.1 Å². The third-order valence-corrected chi connectivity index (χ3v) is 3.85. The van der Waals surface area contributed by atoms with Crippen molar-refractivity contribution in [1.82, 2.24) is 5.32 Å². The Hall–Kier alpha value is -2.08. The Morgan fingerprint density at radius 3 is 2.74 bits per heavy atom. The van der Waals surface area contributed by atoms with Crippen LogP contribution >= 0.6 is 0 Å². The van der Waals surface area contributed by atoms with Crippen LogP contribution in [0, 0.1) is 5.92 Å². The van der Waals surface area contributed by atoms with E-state index in [1.54, 1.807) is 12.1 Å². The van der Waals surface area contributed by atoms with E-state index in [1.165, 1.54) is 0 Å². The highest BCUT2D eigenvalue weighted by atomic mass is 16.5. The van der Waals surface area contributed by atoms with Crippen molar-refractivity contribution in [1.29, 1.82) is 0 Å². The number of carbonyl (C=O) groups is 2. The molecule has 2 N–H and O–H groups in total. The molecule has 0 aromatic heterocycles. The van der Waals surface area contributed by atoms with Gasteiger partial charge in [0.1, 0.15) is 5.75 Å². The number of carboxylic acids is 1. The predicted molar refractivity (Wildman–Crippen MR) is 84.4 cm³/mol. The molecule has 126 valence electrons. The lowest BCUT2D eigenvalue weighted by Crippen LogP contribution is -2.37. The first-order chi connectivity index (χ1) is 11.0. The summed E-state index contributed by atoms with van der Waals surface area (Å²) in [5.74, 6) is -0.331. The summed E-state index contributed by atoms with van der Waals surface area (Å²) in [6, 6.07) is 7.22. The number of hydrogen-bond acceptors (Lipinski definition) is 4. The van der Waals surface area contributed by atoms with E-state index in [2.05, 4.69) is 5.32 Å². The van der Waals surface area contributed by atoms with Crippen molar-refractivity contribution in [3.8, 4) is 5.75 Å². The van der Waals surface area contributed by atoms with Gasteiger partial charge in [-0.3, -0.25) is 4.79 Å². The maximum Gasteiger partial charge on any atom is 0.341 e. The third kappa shape index (κ3) is 5.90. The number of carbonyl (C=O) groups excluding carboxylic acids is 1. The van der Waals surface area contributed by atoms with E-state index in [4.69, 9.17) is 14.6 Å². The van der Waals surface area contributed by atoms with E-state index in [0.717, 1.165) is 24.8 Å². The Morgan fingerprint density at radius 1 is 1.35 bits per heavy atom.